The number of nitrogens with one attached hydrogen (secondary N) is 1. The van der Waals surface area contributed by atoms with E-state index < -0.39 is 10.0 Å². The van der Waals surface area contributed by atoms with Crippen molar-refractivity contribution in [2.24, 2.45) is 0 Å². The molecule has 2 aromatic carbocycles. The monoisotopic (exact) mass is 556 g/mol. The average Bonchev–Trinajstić information content (AvgIpc) is 3.37. The van der Waals surface area contributed by atoms with Crippen molar-refractivity contribution in [3.05, 3.63) is 96.6 Å². The van der Waals surface area contributed by atoms with E-state index in [4.69, 9.17) is 14.8 Å². The first-order valence-electron chi connectivity index (χ1n) is 13.0. The summed E-state index contributed by atoms with van der Waals surface area (Å²) in [6.45, 7) is 1.19. The number of benzene rings is 2. The molecule has 0 unspecified atom stereocenters. The topological polar surface area (TPSA) is 102 Å². The van der Waals surface area contributed by atoms with E-state index in [1.807, 2.05) is 72.0 Å². The third-order valence-electron chi connectivity index (χ3n) is 6.58. The molecule has 3 heterocycles. The Hall–Kier alpha value is -4.12. The number of methoxy groups -OCH3 is 1. The fourth-order valence-electron chi connectivity index (χ4n) is 4.60. The van der Waals surface area contributed by atoms with E-state index in [9.17, 15) is 8.42 Å². The van der Waals surface area contributed by atoms with Crippen LogP contribution in [0.2, 0.25) is 0 Å². The summed E-state index contributed by atoms with van der Waals surface area (Å²) in [5.74, 6) is 0.738. The lowest BCUT2D eigenvalue weighted by Crippen LogP contribution is -2.27. The fourth-order valence-corrected chi connectivity index (χ4v) is 5.74. The molecule has 0 aliphatic rings. The third-order valence-corrected chi connectivity index (χ3v) is 8.04. The van der Waals surface area contributed by atoms with Crippen molar-refractivity contribution < 1.29 is 13.2 Å². The SMILES string of the molecule is COc1cccc(-c2c(-c3ccncc3)nn3c(Cc4cccc(S(=O)(=O)NCCCN(C)C)c4)ccnc23)c1. The number of sulfonamides is 1. The highest BCUT2D eigenvalue weighted by atomic mass is 32.2. The lowest BCUT2D eigenvalue weighted by atomic mass is 10.0. The first-order valence-corrected chi connectivity index (χ1v) is 14.5. The van der Waals surface area contributed by atoms with Gasteiger partial charge in [0.25, 0.3) is 0 Å². The van der Waals surface area contributed by atoms with Gasteiger partial charge in [-0.05, 0) is 80.7 Å². The minimum atomic E-state index is -3.62. The lowest BCUT2D eigenvalue weighted by Gasteiger charge is -2.11. The zero-order valence-electron chi connectivity index (χ0n) is 22.8. The van der Waals surface area contributed by atoms with E-state index >= 15 is 0 Å². The lowest BCUT2D eigenvalue weighted by molar-refractivity contribution is 0.400. The number of fused-ring (bicyclic) bond motifs is 1. The molecular weight excluding hydrogens is 524 g/mol. The molecule has 0 aliphatic heterocycles. The zero-order valence-corrected chi connectivity index (χ0v) is 23.6. The molecule has 0 saturated heterocycles. The van der Waals surface area contributed by atoms with Crippen LogP contribution >= 0.6 is 0 Å². The molecule has 0 amide bonds. The minimum absolute atomic E-state index is 0.246. The Morgan fingerprint density at radius 1 is 0.950 bits per heavy atom. The van der Waals surface area contributed by atoms with Crippen LogP contribution in [0, 0.1) is 0 Å². The zero-order chi connectivity index (χ0) is 28.1. The summed E-state index contributed by atoms with van der Waals surface area (Å²) in [5, 5.41) is 5.00. The summed E-state index contributed by atoms with van der Waals surface area (Å²) in [4.78, 5) is 11.1. The molecule has 40 heavy (non-hydrogen) atoms. The van der Waals surface area contributed by atoms with Gasteiger partial charge in [-0.1, -0.05) is 24.3 Å². The van der Waals surface area contributed by atoms with Gasteiger partial charge in [0.15, 0.2) is 5.65 Å². The smallest absolute Gasteiger partial charge is 0.240 e. The van der Waals surface area contributed by atoms with Crippen LogP contribution in [-0.2, 0) is 16.4 Å². The van der Waals surface area contributed by atoms with E-state index in [0.717, 1.165) is 52.4 Å². The maximum Gasteiger partial charge on any atom is 0.240 e. The van der Waals surface area contributed by atoms with Crippen LogP contribution in [0.4, 0.5) is 0 Å². The largest absolute Gasteiger partial charge is 0.497 e. The summed E-state index contributed by atoms with van der Waals surface area (Å²) >= 11 is 0. The van der Waals surface area contributed by atoms with Gasteiger partial charge in [-0.3, -0.25) is 4.98 Å². The van der Waals surface area contributed by atoms with E-state index in [1.54, 1.807) is 43.9 Å². The summed E-state index contributed by atoms with van der Waals surface area (Å²) in [6.07, 6.45) is 6.44. The van der Waals surface area contributed by atoms with Crippen molar-refractivity contribution >= 4 is 15.7 Å². The molecule has 5 rings (SSSR count). The van der Waals surface area contributed by atoms with Gasteiger partial charge in [0.1, 0.15) is 11.4 Å². The maximum absolute atomic E-state index is 12.9. The third kappa shape index (κ3) is 6.04. The quantitative estimate of drug-likeness (QED) is 0.242. The van der Waals surface area contributed by atoms with E-state index in [1.165, 1.54) is 0 Å². The Morgan fingerprint density at radius 3 is 2.52 bits per heavy atom. The van der Waals surface area contributed by atoms with E-state index in [2.05, 4.69) is 9.71 Å². The minimum Gasteiger partial charge on any atom is -0.497 e. The predicted octanol–water partition coefficient (Wildman–Crippen LogP) is 4.29. The summed E-state index contributed by atoms with van der Waals surface area (Å²) in [5.41, 5.74) is 5.93. The number of nitrogens with zero attached hydrogens (tertiary/aromatic N) is 5. The van der Waals surface area contributed by atoms with Crippen molar-refractivity contribution in [1.82, 2.24) is 29.2 Å². The second-order valence-corrected chi connectivity index (χ2v) is 11.5. The molecule has 9 nitrogen and oxygen atoms in total. The molecule has 0 atom stereocenters. The first-order chi connectivity index (χ1) is 19.4. The number of rotatable bonds is 11. The highest BCUT2D eigenvalue weighted by Crippen LogP contribution is 2.36. The van der Waals surface area contributed by atoms with Crippen LogP contribution in [0.3, 0.4) is 0 Å². The van der Waals surface area contributed by atoms with Gasteiger partial charge in [-0.15, -0.1) is 0 Å². The second-order valence-electron chi connectivity index (χ2n) is 9.74. The molecule has 0 spiro atoms. The van der Waals surface area contributed by atoms with E-state index in [0.29, 0.717) is 18.6 Å². The van der Waals surface area contributed by atoms with Crippen molar-refractivity contribution in [3.8, 4) is 28.1 Å². The number of hydrogen-bond donors (Lipinski definition) is 1. The number of aromatic nitrogens is 4. The molecule has 0 bridgehead atoms. The molecule has 5 aromatic rings. The molecular formula is C30H32N6O3S. The molecule has 3 aromatic heterocycles. The highest BCUT2D eigenvalue weighted by molar-refractivity contribution is 7.89. The summed E-state index contributed by atoms with van der Waals surface area (Å²) in [7, 11) is 1.96. The molecule has 0 aliphatic carbocycles. The Kier molecular flexibility index (Phi) is 8.20. The van der Waals surface area contributed by atoms with Crippen LogP contribution in [-0.4, -0.2) is 67.2 Å². The Bertz CT molecular complexity index is 1720. The molecule has 206 valence electrons. The predicted molar refractivity (Wildman–Crippen MR) is 156 cm³/mol. The summed E-state index contributed by atoms with van der Waals surface area (Å²) in [6, 6.07) is 20.6. The highest BCUT2D eigenvalue weighted by Gasteiger charge is 2.20. The van der Waals surface area contributed by atoms with Crippen LogP contribution < -0.4 is 9.46 Å². The van der Waals surface area contributed by atoms with Gasteiger partial charge in [0.05, 0.1) is 23.3 Å². The fraction of sp³-hybridized carbons (Fsp3) is 0.233. The Balaban J connectivity index is 1.52. The van der Waals surface area contributed by atoms with Crippen molar-refractivity contribution in [3.63, 3.8) is 0 Å². The van der Waals surface area contributed by atoms with Gasteiger partial charge in [0.2, 0.25) is 10.0 Å². The van der Waals surface area contributed by atoms with Crippen LogP contribution in [0.1, 0.15) is 17.7 Å². The molecule has 1 N–H and O–H groups in total. The summed E-state index contributed by atoms with van der Waals surface area (Å²) < 4.78 is 35.9. The standard InChI is InChI=1S/C30H32N6O3S/c1-35(2)18-6-14-33-40(37,38)27-10-4-7-22(20-27)19-25-13-17-32-30-28(24-8-5-9-26(21-24)39-3)29(34-36(25)30)23-11-15-31-16-12-23/h4-5,7-13,15-17,20-21,33H,6,14,18-19H2,1-3H3. The van der Waals surface area contributed by atoms with E-state index in [-0.39, 0.29) is 4.90 Å². The maximum atomic E-state index is 12.9. The van der Waals surface area contributed by atoms with Crippen LogP contribution in [0.5, 0.6) is 5.75 Å². The molecule has 0 saturated carbocycles. The van der Waals surface area contributed by atoms with Crippen molar-refractivity contribution in [2.75, 3.05) is 34.3 Å². The Labute approximate surface area is 234 Å². The number of pyridine rings is 1. The van der Waals surface area contributed by atoms with Gasteiger partial charge < -0.3 is 9.64 Å². The number of ether oxygens (including phenoxy) is 1. The molecule has 0 fully saturated rings. The van der Waals surface area contributed by atoms with Gasteiger partial charge in [-0.2, -0.15) is 5.10 Å². The van der Waals surface area contributed by atoms with Gasteiger partial charge in [0, 0.05) is 37.1 Å². The first kappa shape index (κ1) is 27.4. The molecule has 10 heteroatoms. The van der Waals surface area contributed by atoms with Gasteiger partial charge in [-0.25, -0.2) is 22.6 Å². The van der Waals surface area contributed by atoms with Crippen molar-refractivity contribution in [1.29, 1.82) is 0 Å². The molecule has 0 radical (unpaired) electrons. The normalized spacial score (nSPS) is 11.8. The second kappa shape index (κ2) is 12.0. The van der Waals surface area contributed by atoms with Crippen LogP contribution in [0.25, 0.3) is 28.0 Å². The van der Waals surface area contributed by atoms with Crippen molar-refractivity contribution in [2.45, 2.75) is 17.7 Å². The van der Waals surface area contributed by atoms with Gasteiger partial charge >= 0.3 is 0 Å². The van der Waals surface area contributed by atoms with Crippen LogP contribution in [0.15, 0.2) is 90.2 Å². The average molecular weight is 557 g/mol. The Morgan fingerprint density at radius 2 is 1.75 bits per heavy atom. The number of hydrogen-bond acceptors (Lipinski definition) is 7.